The van der Waals surface area contributed by atoms with Gasteiger partial charge in [-0.05, 0) is 13.0 Å². The molecule has 0 atom stereocenters. The highest BCUT2D eigenvalue weighted by Crippen LogP contribution is 2.29. The highest BCUT2D eigenvalue weighted by molar-refractivity contribution is 5.58. The molecule has 0 bridgehead atoms. The summed E-state index contributed by atoms with van der Waals surface area (Å²) in [6.07, 6.45) is 0. The van der Waals surface area contributed by atoms with Crippen molar-refractivity contribution in [1.82, 2.24) is 4.98 Å². The van der Waals surface area contributed by atoms with E-state index in [0.717, 1.165) is 0 Å². The lowest BCUT2D eigenvalue weighted by Crippen LogP contribution is -2.08. The van der Waals surface area contributed by atoms with Crippen LogP contribution >= 0.6 is 0 Å². The van der Waals surface area contributed by atoms with E-state index in [1.54, 1.807) is 6.07 Å². The lowest BCUT2D eigenvalue weighted by molar-refractivity contribution is -0.384. The zero-order chi connectivity index (χ0) is 16.3. The molecule has 1 heterocycles. The predicted molar refractivity (Wildman–Crippen MR) is 75.5 cm³/mol. The number of nitro groups is 1. The number of hydrogen-bond donors (Lipinski definition) is 2. The second kappa shape index (κ2) is 5.84. The predicted octanol–water partition coefficient (Wildman–Crippen LogP) is 2.58. The first kappa shape index (κ1) is 14.9. The average molecular weight is 299 g/mol. The number of aromatic amines is 1. The van der Waals surface area contributed by atoms with Crippen molar-refractivity contribution in [3.8, 4) is 11.9 Å². The minimum absolute atomic E-state index is 0.0297. The number of nitrogens with zero attached hydrogens (tertiary/aromatic N) is 4. The van der Waals surface area contributed by atoms with E-state index in [0.29, 0.717) is 0 Å². The molecule has 2 rings (SSSR count). The van der Waals surface area contributed by atoms with Gasteiger partial charge in [0.2, 0.25) is 5.88 Å². The molecular formula is C13H9N5O4. The summed E-state index contributed by atoms with van der Waals surface area (Å²) in [4.78, 5) is 24.1. The van der Waals surface area contributed by atoms with Gasteiger partial charge in [-0.3, -0.25) is 19.9 Å². The van der Waals surface area contributed by atoms with Gasteiger partial charge in [0.25, 0.3) is 11.2 Å². The number of hydrogen-bond acceptors (Lipinski definition) is 7. The molecule has 0 saturated carbocycles. The first-order valence-corrected chi connectivity index (χ1v) is 5.96. The van der Waals surface area contributed by atoms with Crippen LogP contribution < -0.4 is 5.56 Å². The molecule has 0 unspecified atom stereocenters. The maximum atomic E-state index is 11.8. The lowest BCUT2D eigenvalue weighted by Gasteiger charge is -2.02. The third kappa shape index (κ3) is 2.66. The summed E-state index contributed by atoms with van der Waals surface area (Å²) in [5, 5.41) is 36.6. The molecule has 0 aliphatic rings. The SMILES string of the molecule is Cc1c(C#N)c(O)[nH]c(=O)c1N=Nc1ccccc1[N+](=O)[O-]. The molecule has 0 amide bonds. The fourth-order valence-electron chi connectivity index (χ4n) is 1.76. The van der Waals surface area contributed by atoms with Gasteiger partial charge in [-0.2, -0.15) is 5.26 Å². The van der Waals surface area contributed by atoms with Crippen LogP contribution in [0, 0.1) is 28.4 Å². The minimum atomic E-state index is -0.753. The first-order chi connectivity index (χ1) is 10.5. The Morgan fingerprint density at radius 2 is 2.05 bits per heavy atom. The third-order valence-electron chi connectivity index (χ3n) is 2.86. The normalized spacial score (nSPS) is 10.5. The van der Waals surface area contributed by atoms with E-state index in [1.807, 2.05) is 0 Å². The van der Waals surface area contributed by atoms with Crippen molar-refractivity contribution < 1.29 is 10.0 Å². The van der Waals surface area contributed by atoms with E-state index in [-0.39, 0.29) is 28.2 Å². The quantitative estimate of drug-likeness (QED) is 0.508. The number of rotatable bonds is 3. The molecule has 1 aromatic heterocycles. The topological polar surface area (TPSA) is 145 Å². The van der Waals surface area contributed by atoms with Crippen LogP contribution in [-0.2, 0) is 0 Å². The summed E-state index contributed by atoms with van der Waals surface area (Å²) in [5.74, 6) is -0.561. The standard InChI is InChI=1S/C13H9N5O4/c1-7-8(6-14)12(19)15-13(20)11(7)17-16-9-4-2-3-5-10(9)18(21)22/h2-5H,1H3,(H2,15,19,20). The molecule has 0 aliphatic carbocycles. The Morgan fingerprint density at radius 3 is 2.68 bits per heavy atom. The Hall–Kier alpha value is -3.54. The van der Waals surface area contributed by atoms with Crippen LogP contribution in [-0.4, -0.2) is 15.0 Å². The maximum absolute atomic E-state index is 11.8. The number of aromatic hydroxyl groups is 1. The van der Waals surface area contributed by atoms with E-state index >= 15 is 0 Å². The number of H-pyrrole nitrogens is 1. The van der Waals surface area contributed by atoms with Crippen molar-refractivity contribution in [3.05, 3.63) is 55.9 Å². The molecule has 2 aromatic rings. The van der Waals surface area contributed by atoms with Gasteiger partial charge in [0.1, 0.15) is 11.6 Å². The molecule has 0 radical (unpaired) electrons. The summed E-state index contributed by atoms with van der Waals surface area (Å²) in [6, 6.07) is 7.37. The van der Waals surface area contributed by atoms with E-state index in [9.17, 15) is 20.0 Å². The number of nitriles is 1. The van der Waals surface area contributed by atoms with Crippen LogP contribution in [0.25, 0.3) is 0 Å². The van der Waals surface area contributed by atoms with Gasteiger partial charge in [-0.25, -0.2) is 0 Å². The number of azo groups is 1. The highest BCUT2D eigenvalue weighted by Gasteiger charge is 2.15. The second-order valence-electron chi connectivity index (χ2n) is 4.21. The van der Waals surface area contributed by atoms with Crippen LogP contribution in [0.1, 0.15) is 11.1 Å². The zero-order valence-electron chi connectivity index (χ0n) is 11.3. The Balaban J connectivity index is 2.56. The summed E-state index contributed by atoms with van der Waals surface area (Å²) in [6.45, 7) is 1.42. The lowest BCUT2D eigenvalue weighted by atomic mass is 10.1. The van der Waals surface area contributed by atoms with Gasteiger partial charge in [-0.1, -0.05) is 12.1 Å². The molecule has 22 heavy (non-hydrogen) atoms. The molecule has 0 saturated heterocycles. The average Bonchev–Trinajstić information content (AvgIpc) is 2.47. The Kier molecular flexibility index (Phi) is 3.94. The van der Waals surface area contributed by atoms with E-state index in [1.165, 1.54) is 31.2 Å². The number of nitro benzene ring substituents is 1. The molecular weight excluding hydrogens is 290 g/mol. The van der Waals surface area contributed by atoms with Crippen molar-refractivity contribution in [1.29, 1.82) is 5.26 Å². The third-order valence-corrected chi connectivity index (χ3v) is 2.86. The molecule has 0 aliphatic heterocycles. The molecule has 0 spiro atoms. The summed E-state index contributed by atoms with van der Waals surface area (Å²) >= 11 is 0. The molecule has 1 aromatic carbocycles. The van der Waals surface area contributed by atoms with Crippen LogP contribution in [0.4, 0.5) is 17.1 Å². The monoisotopic (exact) mass is 299 g/mol. The number of benzene rings is 1. The molecule has 9 heteroatoms. The van der Waals surface area contributed by atoms with Crippen molar-refractivity contribution in [3.63, 3.8) is 0 Å². The fourth-order valence-corrected chi connectivity index (χ4v) is 1.76. The largest absolute Gasteiger partial charge is 0.494 e. The maximum Gasteiger partial charge on any atom is 0.296 e. The van der Waals surface area contributed by atoms with Crippen molar-refractivity contribution in [2.24, 2.45) is 10.2 Å². The van der Waals surface area contributed by atoms with Crippen molar-refractivity contribution in [2.45, 2.75) is 6.92 Å². The fraction of sp³-hybridized carbons (Fsp3) is 0.0769. The molecule has 110 valence electrons. The first-order valence-electron chi connectivity index (χ1n) is 5.96. The number of nitrogens with one attached hydrogen (secondary N) is 1. The Morgan fingerprint density at radius 1 is 1.36 bits per heavy atom. The van der Waals surface area contributed by atoms with Crippen LogP contribution in [0.5, 0.6) is 5.88 Å². The van der Waals surface area contributed by atoms with Gasteiger partial charge in [0.15, 0.2) is 11.4 Å². The number of pyridine rings is 1. The summed E-state index contributed by atoms with van der Waals surface area (Å²) < 4.78 is 0. The van der Waals surface area contributed by atoms with E-state index in [4.69, 9.17) is 5.26 Å². The smallest absolute Gasteiger partial charge is 0.296 e. The summed E-state index contributed by atoms with van der Waals surface area (Å²) in [5.41, 5.74) is -1.26. The van der Waals surface area contributed by atoms with Crippen molar-refractivity contribution in [2.75, 3.05) is 0 Å². The van der Waals surface area contributed by atoms with Crippen LogP contribution in [0.15, 0.2) is 39.3 Å². The zero-order valence-corrected chi connectivity index (χ0v) is 11.3. The second-order valence-corrected chi connectivity index (χ2v) is 4.21. The minimum Gasteiger partial charge on any atom is -0.494 e. The van der Waals surface area contributed by atoms with Crippen molar-refractivity contribution >= 4 is 17.1 Å². The number of aromatic nitrogens is 1. The molecule has 0 fully saturated rings. The van der Waals surface area contributed by atoms with Gasteiger partial charge in [0, 0.05) is 11.6 Å². The van der Waals surface area contributed by atoms with E-state index < -0.39 is 16.4 Å². The molecule has 9 nitrogen and oxygen atoms in total. The Bertz CT molecular complexity index is 879. The van der Waals surface area contributed by atoms with E-state index in [2.05, 4.69) is 15.2 Å². The Labute approximate surface area is 123 Å². The van der Waals surface area contributed by atoms with Crippen LogP contribution in [0.3, 0.4) is 0 Å². The highest BCUT2D eigenvalue weighted by atomic mass is 16.6. The summed E-state index contributed by atoms with van der Waals surface area (Å²) in [7, 11) is 0. The van der Waals surface area contributed by atoms with Gasteiger partial charge < -0.3 is 5.11 Å². The van der Waals surface area contributed by atoms with Gasteiger partial charge in [-0.15, -0.1) is 10.2 Å². The molecule has 2 N–H and O–H groups in total. The number of para-hydroxylation sites is 1. The van der Waals surface area contributed by atoms with Crippen LogP contribution in [0.2, 0.25) is 0 Å². The van der Waals surface area contributed by atoms with Gasteiger partial charge in [0.05, 0.1) is 4.92 Å². The van der Waals surface area contributed by atoms with Gasteiger partial charge >= 0.3 is 0 Å².